The van der Waals surface area contributed by atoms with Crippen LogP contribution in [0.15, 0.2) is 24.3 Å². The Labute approximate surface area is 148 Å². The van der Waals surface area contributed by atoms with Gasteiger partial charge in [-0.3, -0.25) is 4.79 Å². The molecule has 138 valence electrons. The number of methoxy groups -OCH3 is 2. The lowest BCUT2D eigenvalue weighted by Crippen LogP contribution is -2.42. The first-order valence-corrected chi connectivity index (χ1v) is 7.59. The minimum Gasteiger partial charge on any atom is -0.497 e. The summed E-state index contributed by atoms with van der Waals surface area (Å²) in [4.78, 5) is 39.3. The van der Waals surface area contributed by atoms with Crippen LogP contribution in [0.4, 0.5) is 10.5 Å². The molecule has 0 aromatic heterocycles. The molecular weight excluding hydrogens is 346 g/mol. The van der Waals surface area contributed by atoms with Crippen molar-refractivity contribution in [3.05, 3.63) is 29.8 Å². The van der Waals surface area contributed by atoms with E-state index in [1.165, 1.54) is 12.0 Å². The molecule has 0 radical (unpaired) electrons. The first-order chi connectivity index (χ1) is 12.5. The van der Waals surface area contributed by atoms with E-state index in [1.807, 2.05) is 0 Å². The molecule has 1 aliphatic heterocycles. The number of ether oxygens (including phenoxy) is 4. The number of nitrogens with zero attached hydrogens (tertiary/aromatic N) is 3. The summed E-state index contributed by atoms with van der Waals surface area (Å²) in [5.41, 5.74) is 8.67. The van der Waals surface area contributed by atoms with Gasteiger partial charge in [0.2, 0.25) is 0 Å². The molecule has 10 nitrogen and oxygen atoms in total. The molecule has 1 aliphatic rings. The van der Waals surface area contributed by atoms with E-state index < -0.39 is 29.8 Å². The zero-order valence-corrected chi connectivity index (χ0v) is 14.2. The summed E-state index contributed by atoms with van der Waals surface area (Å²) >= 11 is 0. The standard InChI is InChI=1S/C16H17N3O7/c1-23-11-5-3-10(4-6-11)19(8-7-12-9-25-16(22)26-12)14(20)13(18-17)15(21)24-2/h3-6,12H,7-9H2,1-2H3/t12-/m0/s1. The minimum atomic E-state index is -1.08. The van der Waals surface area contributed by atoms with E-state index >= 15 is 0 Å². The fraction of sp³-hybridized carbons (Fsp3) is 0.375. The molecule has 1 aromatic rings. The summed E-state index contributed by atoms with van der Waals surface area (Å²) in [5, 5.41) is 0. The van der Waals surface area contributed by atoms with Crippen molar-refractivity contribution in [1.82, 2.24) is 0 Å². The molecule has 1 amide bonds. The van der Waals surface area contributed by atoms with Crippen molar-refractivity contribution in [2.45, 2.75) is 12.5 Å². The Bertz CT molecular complexity index is 741. The van der Waals surface area contributed by atoms with E-state index in [2.05, 4.69) is 9.53 Å². The van der Waals surface area contributed by atoms with E-state index in [-0.39, 0.29) is 19.6 Å². The van der Waals surface area contributed by atoms with Gasteiger partial charge < -0.3 is 29.4 Å². The van der Waals surface area contributed by atoms with Gasteiger partial charge in [0, 0.05) is 18.7 Å². The minimum absolute atomic E-state index is 0.0709. The maximum Gasteiger partial charge on any atom is 0.508 e. The summed E-state index contributed by atoms with van der Waals surface area (Å²) in [5.74, 6) is -1.37. The molecule has 1 atom stereocenters. The highest BCUT2D eigenvalue weighted by Crippen LogP contribution is 2.21. The smallest absolute Gasteiger partial charge is 0.497 e. The molecule has 1 saturated heterocycles. The Morgan fingerprint density at radius 3 is 2.50 bits per heavy atom. The lowest BCUT2D eigenvalue weighted by molar-refractivity contribution is -0.139. The second-order valence-electron chi connectivity index (χ2n) is 5.18. The highest BCUT2D eigenvalue weighted by molar-refractivity contribution is 6.64. The molecule has 2 rings (SSSR count). The number of benzene rings is 1. The monoisotopic (exact) mass is 363 g/mol. The van der Waals surface area contributed by atoms with E-state index in [0.717, 1.165) is 7.11 Å². The summed E-state index contributed by atoms with van der Waals surface area (Å²) in [6, 6.07) is 6.45. The molecular formula is C16H17N3O7. The summed E-state index contributed by atoms with van der Waals surface area (Å²) in [7, 11) is 2.56. The first kappa shape index (κ1) is 18.9. The molecule has 0 bridgehead atoms. The van der Waals surface area contributed by atoms with Gasteiger partial charge in [0.05, 0.1) is 14.2 Å². The van der Waals surface area contributed by atoms with Crippen LogP contribution in [0.5, 0.6) is 5.75 Å². The Hall–Kier alpha value is -3.39. The van der Waals surface area contributed by atoms with E-state index in [0.29, 0.717) is 11.4 Å². The molecule has 1 aromatic carbocycles. The topological polar surface area (TPSA) is 128 Å². The van der Waals surface area contributed by atoms with Crippen LogP contribution < -0.4 is 9.64 Å². The highest BCUT2D eigenvalue weighted by atomic mass is 16.8. The second-order valence-corrected chi connectivity index (χ2v) is 5.18. The van der Waals surface area contributed by atoms with Crippen molar-refractivity contribution in [1.29, 1.82) is 0 Å². The largest absolute Gasteiger partial charge is 0.508 e. The number of rotatable bonds is 7. The van der Waals surface area contributed by atoms with Crippen molar-refractivity contribution < 1.29 is 38.1 Å². The Morgan fingerprint density at radius 1 is 1.31 bits per heavy atom. The zero-order valence-electron chi connectivity index (χ0n) is 14.2. The maximum absolute atomic E-state index is 12.7. The average molecular weight is 363 g/mol. The van der Waals surface area contributed by atoms with Gasteiger partial charge in [-0.1, -0.05) is 0 Å². The van der Waals surface area contributed by atoms with Crippen LogP contribution >= 0.6 is 0 Å². The molecule has 26 heavy (non-hydrogen) atoms. The predicted molar refractivity (Wildman–Crippen MR) is 86.8 cm³/mol. The van der Waals surface area contributed by atoms with Crippen molar-refractivity contribution in [3.8, 4) is 5.75 Å². The van der Waals surface area contributed by atoms with Crippen molar-refractivity contribution >= 4 is 29.4 Å². The van der Waals surface area contributed by atoms with Gasteiger partial charge in [-0.2, -0.15) is 4.79 Å². The Morgan fingerprint density at radius 2 is 2.00 bits per heavy atom. The SMILES string of the molecule is COC(=O)C(=[N+]=[N-])C(=O)N(CC[C@H]1COC(=O)O1)c1ccc(OC)cc1. The van der Waals surface area contributed by atoms with E-state index in [9.17, 15) is 14.4 Å². The molecule has 0 aliphatic carbocycles. The molecule has 0 N–H and O–H groups in total. The van der Waals surface area contributed by atoms with Crippen LogP contribution in [0.1, 0.15) is 6.42 Å². The number of esters is 1. The number of amides is 1. The van der Waals surface area contributed by atoms with Gasteiger partial charge >= 0.3 is 23.7 Å². The lowest BCUT2D eigenvalue weighted by Gasteiger charge is -2.21. The van der Waals surface area contributed by atoms with Crippen LogP contribution in [0.25, 0.3) is 5.53 Å². The second kappa shape index (κ2) is 8.63. The van der Waals surface area contributed by atoms with Crippen LogP contribution in [0.3, 0.4) is 0 Å². The number of hydrogen-bond acceptors (Lipinski definition) is 7. The molecule has 10 heteroatoms. The van der Waals surface area contributed by atoms with Crippen molar-refractivity contribution in [2.24, 2.45) is 0 Å². The van der Waals surface area contributed by atoms with Gasteiger partial charge in [-0.05, 0) is 24.3 Å². The Kier molecular flexibility index (Phi) is 6.29. The fourth-order valence-corrected chi connectivity index (χ4v) is 2.29. The fourth-order valence-electron chi connectivity index (χ4n) is 2.29. The molecule has 1 fully saturated rings. The Balaban J connectivity index is 2.24. The summed E-state index contributed by atoms with van der Waals surface area (Å²) in [6.07, 6.45) is -1.04. The van der Waals surface area contributed by atoms with Gasteiger partial charge in [0.1, 0.15) is 18.5 Å². The van der Waals surface area contributed by atoms with Crippen molar-refractivity contribution in [2.75, 3.05) is 32.3 Å². The first-order valence-electron chi connectivity index (χ1n) is 7.59. The van der Waals surface area contributed by atoms with E-state index in [1.54, 1.807) is 24.3 Å². The summed E-state index contributed by atoms with van der Waals surface area (Å²) in [6.45, 7) is 0.143. The van der Waals surface area contributed by atoms with Crippen molar-refractivity contribution in [3.63, 3.8) is 0 Å². The average Bonchev–Trinajstić information content (AvgIpc) is 3.08. The molecule has 0 saturated carbocycles. The van der Waals surface area contributed by atoms with Crippen LogP contribution in [-0.4, -0.2) is 62.0 Å². The van der Waals surface area contributed by atoms with Gasteiger partial charge in [0.15, 0.2) is 0 Å². The third-order valence-electron chi connectivity index (χ3n) is 3.64. The maximum atomic E-state index is 12.7. The third-order valence-corrected chi connectivity index (χ3v) is 3.64. The molecule has 0 spiro atoms. The normalized spacial score (nSPS) is 15.3. The van der Waals surface area contributed by atoms with Crippen LogP contribution in [0, 0.1) is 0 Å². The van der Waals surface area contributed by atoms with Gasteiger partial charge in [-0.15, -0.1) is 0 Å². The van der Waals surface area contributed by atoms with Crippen LogP contribution in [0.2, 0.25) is 0 Å². The van der Waals surface area contributed by atoms with Gasteiger partial charge in [0.25, 0.3) is 0 Å². The number of cyclic esters (lactones) is 2. The van der Waals surface area contributed by atoms with E-state index in [4.69, 9.17) is 19.7 Å². The number of hydrogen-bond donors (Lipinski definition) is 0. The number of anilines is 1. The molecule has 0 unspecified atom stereocenters. The van der Waals surface area contributed by atoms with Crippen LogP contribution in [-0.2, 0) is 23.8 Å². The quantitative estimate of drug-likeness (QED) is 0.230. The predicted octanol–water partition coefficient (Wildman–Crippen LogP) is 0.797. The van der Waals surface area contributed by atoms with Gasteiger partial charge in [-0.25, -0.2) is 9.59 Å². The number of carbonyl (C=O) groups excluding carboxylic acids is 3. The lowest BCUT2D eigenvalue weighted by atomic mass is 10.2. The summed E-state index contributed by atoms with van der Waals surface area (Å²) < 4.78 is 19.2. The number of carbonyl (C=O) groups is 3. The third kappa shape index (κ3) is 4.37. The zero-order chi connectivity index (χ0) is 19.1. The highest BCUT2D eigenvalue weighted by Gasteiger charge is 2.36. The molecule has 1 heterocycles.